The SMILES string of the molecule is CN(C)C(=O)CS(=O)c1nc2cc(N)ccc2o1. The van der Waals surface area contributed by atoms with Crippen LogP contribution in [-0.2, 0) is 15.6 Å². The molecular formula is C11H13N3O3S. The van der Waals surface area contributed by atoms with Crippen molar-refractivity contribution in [2.45, 2.75) is 5.22 Å². The van der Waals surface area contributed by atoms with Crippen molar-refractivity contribution in [3.8, 4) is 0 Å². The van der Waals surface area contributed by atoms with E-state index in [0.717, 1.165) is 0 Å². The van der Waals surface area contributed by atoms with Gasteiger partial charge in [0.2, 0.25) is 5.91 Å². The number of nitrogens with two attached hydrogens (primary N) is 1. The lowest BCUT2D eigenvalue weighted by Crippen LogP contribution is -2.27. The van der Waals surface area contributed by atoms with E-state index in [4.69, 9.17) is 10.2 Å². The average molecular weight is 267 g/mol. The minimum atomic E-state index is -1.58. The number of oxazole rings is 1. The summed E-state index contributed by atoms with van der Waals surface area (Å²) >= 11 is 0. The third-order valence-electron chi connectivity index (χ3n) is 2.34. The molecule has 1 aromatic carbocycles. The lowest BCUT2D eigenvalue weighted by atomic mass is 10.3. The largest absolute Gasteiger partial charge is 0.430 e. The van der Waals surface area contributed by atoms with Crippen LogP contribution in [0.15, 0.2) is 27.8 Å². The molecular weight excluding hydrogens is 254 g/mol. The van der Waals surface area contributed by atoms with E-state index in [-0.39, 0.29) is 16.9 Å². The summed E-state index contributed by atoms with van der Waals surface area (Å²) in [5.74, 6) is -0.384. The van der Waals surface area contributed by atoms with Crippen molar-refractivity contribution in [2.24, 2.45) is 0 Å². The maximum absolute atomic E-state index is 11.9. The lowest BCUT2D eigenvalue weighted by Gasteiger charge is -2.07. The molecule has 0 aliphatic heterocycles. The predicted octanol–water partition coefficient (Wildman–Crippen LogP) is 0.606. The Balaban J connectivity index is 2.26. The van der Waals surface area contributed by atoms with E-state index in [1.54, 1.807) is 32.3 Å². The fourth-order valence-electron chi connectivity index (χ4n) is 1.32. The van der Waals surface area contributed by atoms with Crippen LogP contribution in [0.5, 0.6) is 0 Å². The van der Waals surface area contributed by atoms with Crippen LogP contribution in [0.25, 0.3) is 11.1 Å². The Morgan fingerprint density at radius 2 is 2.22 bits per heavy atom. The second kappa shape index (κ2) is 4.77. The molecule has 2 aromatic rings. The van der Waals surface area contributed by atoms with Crippen LogP contribution in [0, 0.1) is 0 Å². The molecule has 0 fully saturated rings. The van der Waals surface area contributed by atoms with Gasteiger partial charge in [-0.3, -0.25) is 4.79 Å². The molecule has 0 bridgehead atoms. The van der Waals surface area contributed by atoms with Crippen LogP contribution < -0.4 is 5.73 Å². The molecule has 96 valence electrons. The van der Waals surface area contributed by atoms with Gasteiger partial charge >= 0.3 is 0 Å². The number of hydrogen-bond donors (Lipinski definition) is 1. The Labute approximate surface area is 106 Å². The minimum absolute atomic E-state index is 0.0470. The number of carbonyl (C=O) groups excluding carboxylic acids is 1. The van der Waals surface area contributed by atoms with Crippen molar-refractivity contribution in [1.82, 2.24) is 9.88 Å². The van der Waals surface area contributed by atoms with E-state index < -0.39 is 10.8 Å². The fraction of sp³-hybridized carbons (Fsp3) is 0.273. The van der Waals surface area contributed by atoms with Crippen LogP contribution in [-0.4, -0.2) is 39.8 Å². The second-order valence-electron chi connectivity index (χ2n) is 3.98. The number of anilines is 1. The van der Waals surface area contributed by atoms with Gasteiger partial charge in [-0.1, -0.05) is 0 Å². The van der Waals surface area contributed by atoms with E-state index in [2.05, 4.69) is 4.98 Å². The summed E-state index contributed by atoms with van der Waals surface area (Å²) in [6.07, 6.45) is 0. The standard InChI is InChI=1S/C11H13N3O3S/c1-14(2)10(15)6-18(16)11-13-8-5-7(12)3-4-9(8)17-11/h3-5H,6,12H2,1-2H3. The second-order valence-corrected chi connectivity index (χ2v) is 5.31. The van der Waals surface area contributed by atoms with Crippen molar-refractivity contribution in [3.63, 3.8) is 0 Å². The summed E-state index contributed by atoms with van der Waals surface area (Å²) in [5.41, 5.74) is 7.21. The van der Waals surface area contributed by atoms with Gasteiger partial charge in [0.25, 0.3) is 5.22 Å². The number of rotatable bonds is 3. The average Bonchev–Trinajstić information content (AvgIpc) is 2.71. The third-order valence-corrected chi connectivity index (χ3v) is 3.41. The molecule has 0 aliphatic rings. The van der Waals surface area contributed by atoms with Gasteiger partial charge in [-0.05, 0) is 18.2 Å². The third kappa shape index (κ3) is 2.51. The van der Waals surface area contributed by atoms with Crippen LogP contribution in [0.3, 0.4) is 0 Å². The number of hydrogen-bond acceptors (Lipinski definition) is 5. The van der Waals surface area contributed by atoms with Gasteiger partial charge in [0, 0.05) is 19.8 Å². The Morgan fingerprint density at radius 3 is 2.89 bits per heavy atom. The number of nitrogen functional groups attached to an aromatic ring is 1. The molecule has 0 radical (unpaired) electrons. The van der Waals surface area contributed by atoms with Crippen molar-refractivity contribution >= 4 is 33.5 Å². The normalized spacial score (nSPS) is 12.6. The molecule has 0 aliphatic carbocycles. The smallest absolute Gasteiger partial charge is 0.288 e. The molecule has 1 heterocycles. The van der Waals surface area contributed by atoms with Gasteiger partial charge in [-0.2, -0.15) is 0 Å². The highest BCUT2D eigenvalue weighted by molar-refractivity contribution is 7.85. The lowest BCUT2D eigenvalue weighted by molar-refractivity contribution is -0.125. The molecule has 2 N–H and O–H groups in total. The van der Waals surface area contributed by atoms with E-state index in [1.165, 1.54) is 4.90 Å². The summed E-state index contributed by atoms with van der Waals surface area (Å²) in [6, 6.07) is 4.96. The molecule has 1 atom stereocenters. The number of benzene rings is 1. The van der Waals surface area contributed by atoms with Crippen molar-refractivity contribution in [3.05, 3.63) is 18.2 Å². The van der Waals surface area contributed by atoms with Gasteiger partial charge < -0.3 is 15.1 Å². The first-order valence-corrected chi connectivity index (χ1v) is 6.54. The van der Waals surface area contributed by atoms with Crippen LogP contribution in [0.1, 0.15) is 0 Å². The highest BCUT2D eigenvalue weighted by Gasteiger charge is 2.17. The maximum atomic E-state index is 11.9. The van der Waals surface area contributed by atoms with Crippen molar-refractivity contribution in [1.29, 1.82) is 0 Å². The van der Waals surface area contributed by atoms with Crippen LogP contribution >= 0.6 is 0 Å². The first-order chi connectivity index (χ1) is 8.47. The zero-order valence-corrected chi connectivity index (χ0v) is 10.9. The Morgan fingerprint density at radius 1 is 1.50 bits per heavy atom. The van der Waals surface area contributed by atoms with Crippen molar-refractivity contribution < 1.29 is 13.4 Å². The monoisotopic (exact) mass is 267 g/mol. The van der Waals surface area contributed by atoms with Crippen molar-refractivity contribution in [2.75, 3.05) is 25.6 Å². The predicted molar refractivity (Wildman–Crippen MR) is 68.4 cm³/mol. The van der Waals surface area contributed by atoms with E-state index in [9.17, 15) is 9.00 Å². The van der Waals surface area contributed by atoms with E-state index >= 15 is 0 Å². The number of fused-ring (bicyclic) bond motifs is 1. The zero-order valence-electron chi connectivity index (χ0n) is 10.0. The quantitative estimate of drug-likeness (QED) is 0.823. The van der Waals surface area contributed by atoms with Crippen LogP contribution in [0.2, 0.25) is 0 Å². The molecule has 2 rings (SSSR count). The first kappa shape index (κ1) is 12.6. The fourth-order valence-corrected chi connectivity index (χ4v) is 2.31. The molecule has 1 amide bonds. The summed E-state index contributed by atoms with van der Waals surface area (Å²) in [6.45, 7) is 0. The molecule has 6 nitrogen and oxygen atoms in total. The summed E-state index contributed by atoms with van der Waals surface area (Å²) in [7, 11) is 1.62. The topological polar surface area (TPSA) is 89.4 Å². The van der Waals surface area contributed by atoms with Gasteiger partial charge in [0.15, 0.2) is 5.58 Å². The maximum Gasteiger partial charge on any atom is 0.288 e. The Bertz CT molecular complexity index is 621. The Kier molecular flexibility index (Phi) is 3.33. The van der Waals surface area contributed by atoms with Gasteiger partial charge in [0.05, 0.1) is 0 Å². The minimum Gasteiger partial charge on any atom is -0.430 e. The first-order valence-electron chi connectivity index (χ1n) is 5.22. The molecule has 1 unspecified atom stereocenters. The molecule has 1 aromatic heterocycles. The number of aromatic nitrogens is 1. The van der Waals surface area contributed by atoms with Gasteiger partial charge in [0.1, 0.15) is 22.1 Å². The zero-order chi connectivity index (χ0) is 13.3. The van der Waals surface area contributed by atoms with Gasteiger partial charge in [-0.15, -0.1) is 0 Å². The number of amides is 1. The highest BCUT2D eigenvalue weighted by Crippen LogP contribution is 2.20. The van der Waals surface area contributed by atoms with E-state index in [1.807, 2.05) is 0 Å². The number of nitrogens with zero attached hydrogens (tertiary/aromatic N) is 2. The van der Waals surface area contributed by atoms with E-state index in [0.29, 0.717) is 16.8 Å². The summed E-state index contributed by atoms with van der Waals surface area (Å²) in [4.78, 5) is 16.9. The Hall–Kier alpha value is -1.89. The molecule has 7 heteroatoms. The summed E-state index contributed by atoms with van der Waals surface area (Å²) in [5, 5.41) is 0.0470. The summed E-state index contributed by atoms with van der Waals surface area (Å²) < 4.78 is 17.2. The molecule has 18 heavy (non-hydrogen) atoms. The van der Waals surface area contributed by atoms with Gasteiger partial charge in [-0.25, -0.2) is 9.19 Å². The molecule has 0 saturated heterocycles. The molecule has 0 spiro atoms. The molecule has 0 saturated carbocycles. The highest BCUT2D eigenvalue weighted by atomic mass is 32.2. The number of carbonyl (C=O) groups is 1. The van der Waals surface area contributed by atoms with Crippen LogP contribution in [0.4, 0.5) is 5.69 Å².